The van der Waals surface area contributed by atoms with Crippen molar-refractivity contribution in [1.29, 1.82) is 0 Å². The van der Waals surface area contributed by atoms with Crippen LogP contribution < -0.4 is 5.32 Å². The first-order valence-electron chi connectivity index (χ1n) is 7.05. The Morgan fingerprint density at radius 1 is 1.12 bits per heavy atom. The van der Waals surface area contributed by atoms with Gasteiger partial charge >= 0.3 is 6.18 Å². The zero-order valence-corrected chi connectivity index (χ0v) is 13.0. The Morgan fingerprint density at radius 2 is 1.92 bits per heavy atom. The number of rotatable bonds is 3. The second kappa shape index (κ2) is 6.20. The third kappa shape index (κ3) is 3.54. The minimum Gasteiger partial charge on any atom is -0.361 e. The molecule has 2 N–H and O–H groups in total. The normalized spacial score (nSPS) is 11.7. The van der Waals surface area contributed by atoms with Gasteiger partial charge in [-0.05, 0) is 41.3 Å². The summed E-state index contributed by atoms with van der Waals surface area (Å²) in [6.07, 6.45) is -2.68. The Hall–Kier alpha value is -2.47. The maximum absolute atomic E-state index is 12.7. The standard InChI is InChI=1S/C17H12ClF3N2O/c18-13-4-3-12(17(19,20)21)9-15(13)23-16(24)8-10-1-2-11-5-6-22-14(11)7-10/h1-7,9,22H,8H2,(H,23,24). The summed E-state index contributed by atoms with van der Waals surface area (Å²) in [5, 5.41) is 3.50. The molecule has 0 radical (unpaired) electrons. The second-order valence-corrected chi connectivity index (χ2v) is 5.72. The zero-order chi connectivity index (χ0) is 17.3. The van der Waals surface area contributed by atoms with E-state index in [0.717, 1.165) is 34.7 Å². The fourth-order valence-corrected chi connectivity index (χ4v) is 2.55. The summed E-state index contributed by atoms with van der Waals surface area (Å²) in [7, 11) is 0. The highest BCUT2D eigenvalue weighted by molar-refractivity contribution is 6.33. The minimum absolute atomic E-state index is 0.0293. The quantitative estimate of drug-likeness (QED) is 0.683. The molecule has 0 atom stereocenters. The van der Waals surface area contributed by atoms with Crippen LogP contribution in [0.1, 0.15) is 11.1 Å². The maximum atomic E-state index is 12.7. The molecular weight excluding hydrogens is 341 g/mol. The highest BCUT2D eigenvalue weighted by Crippen LogP contribution is 2.33. The number of H-pyrrole nitrogens is 1. The molecule has 0 unspecified atom stereocenters. The number of fused-ring (bicyclic) bond motifs is 1. The van der Waals surface area contributed by atoms with E-state index in [1.165, 1.54) is 0 Å². The first-order chi connectivity index (χ1) is 11.3. The van der Waals surface area contributed by atoms with E-state index in [0.29, 0.717) is 0 Å². The lowest BCUT2D eigenvalue weighted by Gasteiger charge is -2.11. The molecule has 0 aliphatic heterocycles. The lowest BCUT2D eigenvalue weighted by molar-refractivity contribution is -0.137. The van der Waals surface area contributed by atoms with Crippen molar-refractivity contribution < 1.29 is 18.0 Å². The van der Waals surface area contributed by atoms with Gasteiger partial charge in [0.2, 0.25) is 5.91 Å². The number of carbonyl (C=O) groups is 1. The van der Waals surface area contributed by atoms with Crippen LogP contribution in [0.4, 0.5) is 18.9 Å². The van der Waals surface area contributed by atoms with Gasteiger partial charge in [0.25, 0.3) is 0 Å². The van der Waals surface area contributed by atoms with Gasteiger partial charge in [0.05, 0.1) is 22.7 Å². The summed E-state index contributed by atoms with van der Waals surface area (Å²) >= 11 is 5.87. The Kier molecular flexibility index (Phi) is 4.24. The number of anilines is 1. The van der Waals surface area contributed by atoms with Crippen molar-refractivity contribution in [2.24, 2.45) is 0 Å². The summed E-state index contributed by atoms with van der Waals surface area (Å²) in [5.74, 6) is -0.442. The molecule has 1 heterocycles. The molecule has 3 rings (SSSR count). The van der Waals surface area contributed by atoms with Gasteiger partial charge < -0.3 is 10.3 Å². The third-order valence-corrected chi connectivity index (χ3v) is 3.88. The van der Waals surface area contributed by atoms with E-state index in [-0.39, 0.29) is 17.1 Å². The summed E-state index contributed by atoms with van der Waals surface area (Å²) < 4.78 is 38.2. The van der Waals surface area contributed by atoms with Crippen LogP contribution in [0.25, 0.3) is 10.9 Å². The van der Waals surface area contributed by atoms with Gasteiger partial charge in [-0.3, -0.25) is 4.79 Å². The van der Waals surface area contributed by atoms with Gasteiger partial charge in [-0.15, -0.1) is 0 Å². The van der Waals surface area contributed by atoms with Crippen molar-refractivity contribution in [1.82, 2.24) is 4.98 Å². The van der Waals surface area contributed by atoms with Crippen LogP contribution in [0.3, 0.4) is 0 Å². The van der Waals surface area contributed by atoms with Gasteiger partial charge in [0.15, 0.2) is 0 Å². The predicted molar refractivity (Wildman–Crippen MR) is 87.1 cm³/mol. The van der Waals surface area contributed by atoms with Crippen molar-refractivity contribution in [2.45, 2.75) is 12.6 Å². The minimum atomic E-state index is -4.50. The number of hydrogen-bond donors (Lipinski definition) is 2. The molecule has 0 saturated carbocycles. The largest absolute Gasteiger partial charge is 0.416 e. The SMILES string of the molecule is O=C(Cc1ccc2cc[nH]c2c1)Nc1cc(C(F)(F)F)ccc1Cl. The lowest BCUT2D eigenvalue weighted by Crippen LogP contribution is -2.15. The fraction of sp³-hybridized carbons (Fsp3) is 0.118. The number of alkyl halides is 3. The van der Waals surface area contributed by atoms with Crippen LogP contribution in [0, 0.1) is 0 Å². The Labute approximate surface area is 140 Å². The smallest absolute Gasteiger partial charge is 0.361 e. The second-order valence-electron chi connectivity index (χ2n) is 5.32. The van der Waals surface area contributed by atoms with Gasteiger partial charge in [-0.1, -0.05) is 23.7 Å². The number of aromatic amines is 1. The molecule has 0 aliphatic rings. The number of amides is 1. The summed E-state index contributed by atoms with van der Waals surface area (Å²) in [4.78, 5) is 15.1. The van der Waals surface area contributed by atoms with Gasteiger partial charge in [-0.2, -0.15) is 13.2 Å². The average molecular weight is 353 g/mol. The van der Waals surface area contributed by atoms with Crippen LogP contribution in [0.15, 0.2) is 48.7 Å². The van der Waals surface area contributed by atoms with Crippen LogP contribution in [0.2, 0.25) is 5.02 Å². The predicted octanol–water partition coefficient (Wildman–Crippen LogP) is 5.02. The van der Waals surface area contributed by atoms with Crippen LogP contribution >= 0.6 is 11.6 Å². The van der Waals surface area contributed by atoms with E-state index >= 15 is 0 Å². The summed E-state index contributed by atoms with van der Waals surface area (Å²) in [5.41, 5.74) is 0.704. The van der Waals surface area contributed by atoms with Crippen LogP contribution in [-0.2, 0) is 17.4 Å². The summed E-state index contributed by atoms with van der Waals surface area (Å²) in [6.45, 7) is 0. The fourth-order valence-electron chi connectivity index (χ4n) is 2.38. The van der Waals surface area contributed by atoms with Crippen molar-refractivity contribution in [2.75, 3.05) is 5.32 Å². The van der Waals surface area contributed by atoms with Crippen LogP contribution in [-0.4, -0.2) is 10.9 Å². The molecule has 2 aromatic carbocycles. The maximum Gasteiger partial charge on any atom is 0.416 e. The third-order valence-electron chi connectivity index (χ3n) is 3.55. The summed E-state index contributed by atoms with van der Waals surface area (Å²) in [6, 6.07) is 10.2. The van der Waals surface area contributed by atoms with E-state index in [1.807, 2.05) is 18.2 Å². The molecule has 3 aromatic rings. The molecule has 7 heteroatoms. The molecule has 0 aliphatic carbocycles. The topological polar surface area (TPSA) is 44.9 Å². The number of halogens is 4. The van der Waals surface area contributed by atoms with Crippen molar-refractivity contribution in [3.05, 3.63) is 64.8 Å². The Bertz CT molecular complexity index is 902. The molecular formula is C17H12ClF3N2O. The number of nitrogens with one attached hydrogen (secondary N) is 2. The number of hydrogen-bond acceptors (Lipinski definition) is 1. The van der Waals surface area contributed by atoms with E-state index in [2.05, 4.69) is 10.3 Å². The van der Waals surface area contributed by atoms with Crippen molar-refractivity contribution in [3.8, 4) is 0 Å². The molecule has 24 heavy (non-hydrogen) atoms. The molecule has 0 saturated heterocycles. The molecule has 124 valence electrons. The highest BCUT2D eigenvalue weighted by Gasteiger charge is 2.31. The average Bonchev–Trinajstić information content (AvgIpc) is 2.96. The zero-order valence-electron chi connectivity index (χ0n) is 12.2. The monoisotopic (exact) mass is 352 g/mol. The number of benzene rings is 2. The lowest BCUT2D eigenvalue weighted by atomic mass is 10.1. The van der Waals surface area contributed by atoms with Gasteiger partial charge in [0, 0.05) is 11.7 Å². The molecule has 0 bridgehead atoms. The van der Waals surface area contributed by atoms with Gasteiger partial charge in [0.1, 0.15) is 0 Å². The number of aromatic nitrogens is 1. The highest BCUT2D eigenvalue weighted by atomic mass is 35.5. The van der Waals surface area contributed by atoms with Crippen molar-refractivity contribution in [3.63, 3.8) is 0 Å². The van der Waals surface area contributed by atoms with Crippen LogP contribution in [0.5, 0.6) is 0 Å². The molecule has 0 spiro atoms. The Morgan fingerprint density at radius 3 is 2.67 bits per heavy atom. The molecule has 0 fully saturated rings. The van der Waals surface area contributed by atoms with E-state index in [9.17, 15) is 18.0 Å². The molecule has 3 nitrogen and oxygen atoms in total. The Balaban J connectivity index is 1.76. The van der Waals surface area contributed by atoms with E-state index in [4.69, 9.17) is 11.6 Å². The number of carbonyl (C=O) groups excluding carboxylic acids is 1. The molecule has 1 amide bonds. The molecule has 1 aromatic heterocycles. The first-order valence-corrected chi connectivity index (χ1v) is 7.43. The van der Waals surface area contributed by atoms with Gasteiger partial charge in [-0.25, -0.2) is 0 Å². The van der Waals surface area contributed by atoms with E-state index < -0.39 is 17.6 Å². The first kappa shape index (κ1) is 16.4. The van der Waals surface area contributed by atoms with E-state index in [1.54, 1.807) is 12.3 Å². The van der Waals surface area contributed by atoms with Crippen molar-refractivity contribution >= 4 is 34.1 Å².